The van der Waals surface area contributed by atoms with E-state index in [1.165, 1.54) is 12.8 Å². The number of hydrogen-bond acceptors (Lipinski definition) is 3. The average Bonchev–Trinajstić information content (AvgIpc) is 3.06. The van der Waals surface area contributed by atoms with Gasteiger partial charge >= 0.3 is 0 Å². The van der Waals surface area contributed by atoms with Gasteiger partial charge in [-0.1, -0.05) is 18.5 Å². The van der Waals surface area contributed by atoms with Gasteiger partial charge in [0.25, 0.3) is 0 Å². The Hall–Kier alpha value is -0.870. The largest absolute Gasteiger partial charge is 0.291 e. The van der Waals surface area contributed by atoms with Crippen LogP contribution in [0, 0.1) is 0 Å². The second-order valence-corrected chi connectivity index (χ2v) is 5.71. The zero-order valence-corrected chi connectivity index (χ0v) is 12.7. The van der Waals surface area contributed by atoms with Crippen LogP contribution in [0.2, 0.25) is 5.02 Å². The van der Waals surface area contributed by atoms with Crippen molar-refractivity contribution in [3.8, 4) is 0 Å². The molecule has 2 rings (SSSR count). The van der Waals surface area contributed by atoms with Crippen molar-refractivity contribution >= 4 is 17.4 Å². The molecular formula is C14H22ClN3O. The third kappa shape index (κ3) is 2.43. The molecule has 2 heterocycles. The van der Waals surface area contributed by atoms with Crippen LogP contribution in [0.3, 0.4) is 0 Å². The fourth-order valence-electron chi connectivity index (χ4n) is 2.82. The van der Waals surface area contributed by atoms with Crippen LogP contribution < -0.4 is 0 Å². The lowest BCUT2D eigenvalue weighted by atomic mass is 9.89. The summed E-state index contributed by atoms with van der Waals surface area (Å²) in [4.78, 5) is 15.2. The van der Waals surface area contributed by atoms with E-state index in [1.807, 2.05) is 13.8 Å². The van der Waals surface area contributed by atoms with Gasteiger partial charge in [0.1, 0.15) is 5.69 Å². The van der Waals surface area contributed by atoms with E-state index >= 15 is 0 Å². The van der Waals surface area contributed by atoms with Gasteiger partial charge in [-0.2, -0.15) is 5.10 Å². The minimum atomic E-state index is -0.465. The van der Waals surface area contributed by atoms with Crippen molar-refractivity contribution in [3.05, 3.63) is 16.9 Å². The third-order valence-electron chi connectivity index (χ3n) is 4.29. The molecule has 4 nitrogen and oxygen atoms in total. The molecular weight excluding hydrogens is 262 g/mol. The molecule has 1 saturated heterocycles. The highest BCUT2D eigenvalue weighted by Gasteiger charge is 2.41. The lowest BCUT2D eigenvalue weighted by Gasteiger charge is -2.36. The summed E-state index contributed by atoms with van der Waals surface area (Å²) in [6.07, 6.45) is 4.70. The van der Waals surface area contributed by atoms with Crippen LogP contribution in [0.25, 0.3) is 0 Å². The number of aryl methyl sites for hydroxylation is 1. The number of nitrogens with zero attached hydrogens (tertiary/aromatic N) is 3. The maximum atomic E-state index is 13.0. The van der Waals surface area contributed by atoms with Crippen molar-refractivity contribution in [2.45, 2.75) is 52.1 Å². The number of carbonyl (C=O) groups is 1. The molecule has 106 valence electrons. The summed E-state index contributed by atoms with van der Waals surface area (Å²) < 4.78 is 1.70. The lowest BCUT2D eigenvalue weighted by molar-refractivity contribution is 0.0636. The average molecular weight is 284 g/mol. The number of ketones is 1. The van der Waals surface area contributed by atoms with Crippen LogP contribution in [0.1, 0.15) is 50.5 Å². The Balaban J connectivity index is 2.37. The third-order valence-corrected chi connectivity index (χ3v) is 4.57. The molecule has 1 aromatic heterocycles. The molecule has 1 unspecified atom stereocenters. The molecule has 0 N–H and O–H groups in total. The predicted octanol–water partition coefficient (Wildman–Crippen LogP) is 3.00. The zero-order chi connectivity index (χ0) is 14.0. The first kappa shape index (κ1) is 14.5. The second kappa shape index (κ2) is 5.63. The molecule has 1 fully saturated rings. The van der Waals surface area contributed by atoms with E-state index in [9.17, 15) is 4.79 Å². The molecule has 0 bridgehead atoms. The Morgan fingerprint density at radius 3 is 2.58 bits per heavy atom. The molecule has 1 aliphatic rings. The minimum Gasteiger partial charge on any atom is -0.291 e. The van der Waals surface area contributed by atoms with Gasteiger partial charge < -0.3 is 0 Å². The highest BCUT2D eigenvalue weighted by atomic mass is 35.5. The first-order valence-electron chi connectivity index (χ1n) is 7.05. The fourth-order valence-corrected chi connectivity index (χ4v) is 3.05. The van der Waals surface area contributed by atoms with Crippen LogP contribution in [0.5, 0.6) is 0 Å². The van der Waals surface area contributed by atoms with Gasteiger partial charge in [-0.15, -0.1) is 0 Å². The first-order chi connectivity index (χ1) is 9.04. The minimum absolute atomic E-state index is 0.0984. The second-order valence-electron chi connectivity index (χ2n) is 5.31. The van der Waals surface area contributed by atoms with Gasteiger partial charge in [0.2, 0.25) is 5.78 Å². The summed E-state index contributed by atoms with van der Waals surface area (Å²) in [5.74, 6) is 0.0984. The Morgan fingerprint density at radius 1 is 1.42 bits per heavy atom. The standard InChI is InChI=1S/C14H22ClN3O/c1-4-14(3,17-8-6-7-9-17)13(19)12-11(15)10-16-18(12)5-2/h10H,4-9H2,1-3H3. The molecule has 1 aromatic rings. The van der Waals surface area contributed by atoms with E-state index in [0.717, 1.165) is 19.5 Å². The predicted molar refractivity (Wildman–Crippen MR) is 76.7 cm³/mol. The van der Waals surface area contributed by atoms with E-state index in [0.29, 0.717) is 17.3 Å². The van der Waals surface area contributed by atoms with Gasteiger partial charge in [0, 0.05) is 6.54 Å². The van der Waals surface area contributed by atoms with Crippen LogP contribution in [-0.4, -0.2) is 39.1 Å². The summed E-state index contributed by atoms with van der Waals surface area (Å²) in [5.41, 5.74) is 0.0908. The topological polar surface area (TPSA) is 38.1 Å². The Kier molecular flexibility index (Phi) is 4.31. The highest BCUT2D eigenvalue weighted by Crippen LogP contribution is 2.30. The quantitative estimate of drug-likeness (QED) is 0.780. The Morgan fingerprint density at radius 2 is 2.05 bits per heavy atom. The summed E-state index contributed by atoms with van der Waals surface area (Å²) in [7, 11) is 0. The zero-order valence-electron chi connectivity index (χ0n) is 11.9. The number of hydrogen-bond donors (Lipinski definition) is 0. The van der Waals surface area contributed by atoms with Crippen molar-refractivity contribution < 1.29 is 4.79 Å². The molecule has 0 radical (unpaired) electrons. The number of aromatic nitrogens is 2. The van der Waals surface area contributed by atoms with Gasteiger partial charge in [-0.25, -0.2) is 0 Å². The Bertz CT molecular complexity index is 465. The fraction of sp³-hybridized carbons (Fsp3) is 0.714. The molecule has 0 amide bonds. The van der Waals surface area contributed by atoms with Gasteiger partial charge in [0.15, 0.2) is 0 Å². The normalized spacial score (nSPS) is 19.6. The maximum Gasteiger partial charge on any atom is 0.202 e. The maximum absolute atomic E-state index is 13.0. The van der Waals surface area contributed by atoms with Crippen LogP contribution in [-0.2, 0) is 6.54 Å². The van der Waals surface area contributed by atoms with Gasteiger partial charge in [0.05, 0.1) is 16.8 Å². The summed E-state index contributed by atoms with van der Waals surface area (Å²) in [5, 5.41) is 4.64. The van der Waals surface area contributed by atoms with E-state index < -0.39 is 5.54 Å². The number of carbonyl (C=O) groups excluding carboxylic acids is 1. The van der Waals surface area contributed by atoms with Gasteiger partial charge in [-0.05, 0) is 46.2 Å². The van der Waals surface area contributed by atoms with Crippen LogP contribution in [0.15, 0.2) is 6.20 Å². The molecule has 1 aliphatic heterocycles. The SMILES string of the molecule is CCn1ncc(Cl)c1C(=O)C(C)(CC)N1CCCC1. The molecule has 0 aromatic carbocycles. The molecule has 0 spiro atoms. The summed E-state index contributed by atoms with van der Waals surface area (Å²) in [6, 6.07) is 0. The molecule has 1 atom stereocenters. The molecule has 0 aliphatic carbocycles. The van der Waals surface area contributed by atoms with E-state index in [4.69, 9.17) is 11.6 Å². The van der Waals surface area contributed by atoms with E-state index in [-0.39, 0.29) is 5.78 Å². The van der Waals surface area contributed by atoms with Crippen molar-refractivity contribution in [2.75, 3.05) is 13.1 Å². The highest BCUT2D eigenvalue weighted by molar-refractivity contribution is 6.34. The number of likely N-dealkylation sites (tertiary alicyclic amines) is 1. The van der Waals surface area contributed by atoms with E-state index in [2.05, 4.69) is 16.9 Å². The van der Waals surface area contributed by atoms with E-state index in [1.54, 1.807) is 10.9 Å². The smallest absolute Gasteiger partial charge is 0.202 e. The summed E-state index contributed by atoms with van der Waals surface area (Å²) >= 11 is 6.17. The lowest BCUT2D eigenvalue weighted by Crippen LogP contribution is -2.51. The van der Waals surface area contributed by atoms with Crippen molar-refractivity contribution in [2.24, 2.45) is 0 Å². The molecule has 0 saturated carbocycles. The number of halogens is 1. The van der Waals surface area contributed by atoms with Crippen LogP contribution >= 0.6 is 11.6 Å². The molecule has 19 heavy (non-hydrogen) atoms. The van der Waals surface area contributed by atoms with Crippen molar-refractivity contribution in [3.63, 3.8) is 0 Å². The summed E-state index contributed by atoms with van der Waals surface area (Å²) in [6.45, 7) is 8.72. The number of Topliss-reactive ketones (excluding diaryl/α,β-unsaturated/α-hetero) is 1. The monoisotopic (exact) mass is 283 g/mol. The van der Waals surface area contributed by atoms with Gasteiger partial charge in [-0.3, -0.25) is 14.4 Å². The van der Waals surface area contributed by atoms with Crippen molar-refractivity contribution in [1.82, 2.24) is 14.7 Å². The first-order valence-corrected chi connectivity index (χ1v) is 7.43. The van der Waals surface area contributed by atoms with Crippen LogP contribution in [0.4, 0.5) is 0 Å². The Labute approximate surface area is 119 Å². The number of rotatable bonds is 5. The molecule has 5 heteroatoms. The van der Waals surface area contributed by atoms with Crippen molar-refractivity contribution in [1.29, 1.82) is 0 Å².